The van der Waals surface area contributed by atoms with E-state index in [1.165, 1.54) is 4.90 Å². The lowest BCUT2D eigenvalue weighted by molar-refractivity contribution is 0.118. The first-order chi connectivity index (χ1) is 5.68. The van der Waals surface area contributed by atoms with Gasteiger partial charge >= 0.3 is 6.09 Å². The van der Waals surface area contributed by atoms with Crippen molar-refractivity contribution in [1.82, 2.24) is 4.90 Å². The smallest absolute Gasteiger partial charge is 0.409 e. The highest BCUT2D eigenvalue weighted by atomic mass is 16.6. The minimum Gasteiger partial charge on any atom is -0.449 e. The minimum absolute atomic E-state index is 0. The summed E-state index contributed by atoms with van der Waals surface area (Å²) in [4.78, 5) is 12.1. The number of carbonyl (C=O) groups excluding carboxylic acids is 1. The molecule has 0 rings (SSSR count). The van der Waals surface area contributed by atoms with Crippen molar-refractivity contribution in [2.24, 2.45) is 5.73 Å². The number of ether oxygens (including phenoxy) is 1. The highest BCUT2D eigenvalue weighted by molar-refractivity contribution is 5.66. The maximum atomic E-state index is 10.7. The molecule has 0 radical (unpaired) electrons. The fraction of sp³-hybridized carbons (Fsp3) is 0.875. The maximum Gasteiger partial charge on any atom is 0.409 e. The van der Waals surface area contributed by atoms with Crippen molar-refractivity contribution in [1.29, 1.82) is 0 Å². The van der Waals surface area contributed by atoms with Gasteiger partial charge in [0, 0.05) is 15.5 Å². The van der Waals surface area contributed by atoms with E-state index in [1.807, 2.05) is 13.8 Å². The van der Waals surface area contributed by atoms with E-state index in [0.29, 0.717) is 13.2 Å². The second kappa shape index (κ2) is 10.2. The van der Waals surface area contributed by atoms with Gasteiger partial charge in [0.05, 0.1) is 6.61 Å². The van der Waals surface area contributed by atoms with Gasteiger partial charge in [-0.2, -0.15) is 0 Å². The minimum atomic E-state index is -0.312. The van der Waals surface area contributed by atoms with E-state index in [2.05, 4.69) is 0 Å². The van der Waals surface area contributed by atoms with Gasteiger partial charge in [0.25, 0.3) is 0 Å². The summed E-state index contributed by atoms with van der Waals surface area (Å²) in [5.41, 5.74) is 5.19. The Morgan fingerprint density at radius 1 is 1.50 bits per heavy atom. The molecule has 4 nitrogen and oxygen atoms in total. The molecule has 0 bridgehead atoms. The topological polar surface area (TPSA) is 55.6 Å². The molecular weight excluding hydrogens is 156 g/mol. The number of nitrogens with two attached hydrogens (primary N) is 1. The Morgan fingerprint density at radius 3 is 2.33 bits per heavy atom. The van der Waals surface area contributed by atoms with Crippen LogP contribution in [-0.2, 0) is 4.74 Å². The van der Waals surface area contributed by atoms with Crippen molar-refractivity contribution in [3.63, 3.8) is 0 Å². The van der Waals surface area contributed by atoms with Crippen molar-refractivity contribution in [3.05, 3.63) is 0 Å². The first kappa shape index (κ1) is 13.8. The third-order valence-corrected chi connectivity index (χ3v) is 0.939. The molecular formula is C8H22N2O2. The number of hydrogen-bond acceptors (Lipinski definition) is 3. The molecule has 1 amide bonds. The zero-order valence-corrected chi connectivity index (χ0v) is 8.46. The quantitative estimate of drug-likeness (QED) is 0.663. The van der Waals surface area contributed by atoms with Gasteiger partial charge in [-0.05, 0) is 13.0 Å². The third-order valence-electron chi connectivity index (χ3n) is 0.939. The standard InChI is InChI=1S/C6H14N2O2.C2H6.H2/c1-8(2)6(9)10-5-3-4-7;1-2;/h3-5,7H2,1-2H3;1-2H3;1H. The molecule has 0 atom stereocenters. The Morgan fingerprint density at radius 2 is 2.00 bits per heavy atom. The highest BCUT2D eigenvalue weighted by Gasteiger charge is 2.01. The van der Waals surface area contributed by atoms with Crippen molar-refractivity contribution in [3.8, 4) is 0 Å². The molecule has 0 unspecified atom stereocenters. The maximum absolute atomic E-state index is 10.7. The molecule has 12 heavy (non-hydrogen) atoms. The van der Waals surface area contributed by atoms with Crippen LogP contribution in [0.25, 0.3) is 0 Å². The van der Waals surface area contributed by atoms with Crippen LogP contribution in [0.15, 0.2) is 0 Å². The van der Waals surface area contributed by atoms with E-state index < -0.39 is 0 Å². The number of carbonyl (C=O) groups is 1. The lowest BCUT2D eigenvalue weighted by atomic mass is 10.5. The van der Waals surface area contributed by atoms with Crippen LogP contribution < -0.4 is 5.73 Å². The summed E-state index contributed by atoms with van der Waals surface area (Å²) in [6, 6.07) is 0. The van der Waals surface area contributed by atoms with Crippen molar-refractivity contribution in [2.45, 2.75) is 20.3 Å². The van der Waals surface area contributed by atoms with Gasteiger partial charge in [-0.15, -0.1) is 0 Å². The van der Waals surface area contributed by atoms with Crippen molar-refractivity contribution >= 4 is 6.09 Å². The average molecular weight is 178 g/mol. The number of amides is 1. The largest absolute Gasteiger partial charge is 0.449 e. The Kier molecular flexibility index (Phi) is 11.8. The molecule has 0 saturated carbocycles. The summed E-state index contributed by atoms with van der Waals surface area (Å²) in [5.74, 6) is 0. The van der Waals surface area contributed by atoms with Gasteiger partial charge in [-0.3, -0.25) is 0 Å². The van der Waals surface area contributed by atoms with Crippen LogP contribution in [-0.4, -0.2) is 38.2 Å². The zero-order chi connectivity index (χ0) is 9.98. The van der Waals surface area contributed by atoms with E-state index in [4.69, 9.17) is 10.5 Å². The third kappa shape index (κ3) is 9.23. The Bertz CT molecular complexity index is 110. The van der Waals surface area contributed by atoms with Gasteiger partial charge in [0.1, 0.15) is 0 Å². The molecule has 76 valence electrons. The lowest BCUT2D eigenvalue weighted by Crippen LogP contribution is -2.23. The Hall–Kier alpha value is -0.770. The Labute approximate surface area is 76.2 Å². The molecule has 0 aromatic rings. The van der Waals surface area contributed by atoms with Crippen LogP contribution in [0, 0.1) is 0 Å². The molecule has 0 fully saturated rings. The van der Waals surface area contributed by atoms with Crippen LogP contribution in [0.5, 0.6) is 0 Å². The van der Waals surface area contributed by atoms with Gasteiger partial charge in [0.15, 0.2) is 0 Å². The van der Waals surface area contributed by atoms with Crippen molar-refractivity contribution < 1.29 is 11.0 Å². The summed E-state index contributed by atoms with van der Waals surface area (Å²) in [5, 5.41) is 0. The van der Waals surface area contributed by atoms with E-state index in [0.717, 1.165) is 6.42 Å². The van der Waals surface area contributed by atoms with Crippen LogP contribution in [0.2, 0.25) is 0 Å². The molecule has 0 aromatic carbocycles. The van der Waals surface area contributed by atoms with Crippen molar-refractivity contribution in [2.75, 3.05) is 27.2 Å². The molecule has 0 aliphatic rings. The molecule has 4 heteroatoms. The van der Waals surface area contributed by atoms with E-state index in [1.54, 1.807) is 14.1 Å². The lowest BCUT2D eigenvalue weighted by Gasteiger charge is -2.09. The predicted molar refractivity (Wildman–Crippen MR) is 52.2 cm³/mol. The van der Waals surface area contributed by atoms with Gasteiger partial charge in [0.2, 0.25) is 0 Å². The number of nitrogens with zero attached hydrogens (tertiary/aromatic N) is 1. The normalized spacial score (nSPS) is 8.08. The number of hydrogen-bond donors (Lipinski definition) is 1. The monoisotopic (exact) mass is 178 g/mol. The summed E-state index contributed by atoms with van der Waals surface area (Å²) >= 11 is 0. The first-order valence-electron chi connectivity index (χ1n) is 4.22. The fourth-order valence-corrected chi connectivity index (χ4v) is 0.372. The van der Waals surface area contributed by atoms with E-state index >= 15 is 0 Å². The van der Waals surface area contributed by atoms with E-state index in [-0.39, 0.29) is 7.52 Å². The van der Waals surface area contributed by atoms with Crippen LogP contribution in [0.1, 0.15) is 21.7 Å². The zero-order valence-electron chi connectivity index (χ0n) is 8.46. The Balaban J connectivity index is -0.000000309. The molecule has 0 heterocycles. The number of rotatable bonds is 3. The summed E-state index contributed by atoms with van der Waals surface area (Å²) in [6.07, 6.45) is 0.410. The summed E-state index contributed by atoms with van der Waals surface area (Å²) in [7, 11) is 3.29. The molecule has 0 aromatic heterocycles. The molecule has 0 spiro atoms. The first-order valence-corrected chi connectivity index (χ1v) is 4.22. The van der Waals surface area contributed by atoms with Gasteiger partial charge < -0.3 is 15.4 Å². The molecule has 0 saturated heterocycles. The van der Waals surface area contributed by atoms with Crippen LogP contribution >= 0.6 is 0 Å². The fourth-order valence-electron chi connectivity index (χ4n) is 0.372. The summed E-state index contributed by atoms with van der Waals surface area (Å²) < 4.78 is 4.75. The van der Waals surface area contributed by atoms with E-state index in [9.17, 15) is 4.79 Å². The van der Waals surface area contributed by atoms with Crippen LogP contribution in [0.3, 0.4) is 0 Å². The summed E-state index contributed by atoms with van der Waals surface area (Å²) in [6.45, 7) is 4.97. The van der Waals surface area contributed by atoms with Gasteiger partial charge in [-0.1, -0.05) is 13.8 Å². The van der Waals surface area contributed by atoms with Gasteiger partial charge in [-0.25, -0.2) is 4.79 Å². The molecule has 0 aliphatic carbocycles. The van der Waals surface area contributed by atoms with Crippen LogP contribution in [0.4, 0.5) is 4.79 Å². The molecule has 2 N–H and O–H groups in total. The highest BCUT2D eigenvalue weighted by Crippen LogP contribution is 1.86. The second-order valence-corrected chi connectivity index (χ2v) is 2.15. The predicted octanol–water partition coefficient (Wildman–Crippen LogP) is 1.31. The SMILES string of the molecule is CC.CN(C)C(=O)OCCCN.[HH]. The second-order valence-electron chi connectivity index (χ2n) is 2.15. The average Bonchev–Trinajstić information content (AvgIpc) is 2.08. The molecule has 0 aliphatic heterocycles.